The van der Waals surface area contributed by atoms with E-state index < -0.39 is 0 Å². The second kappa shape index (κ2) is 6.67. The van der Waals surface area contributed by atoms with Crippen LogP contribution >= 0.6 is 11.3 Å². The van der Waals surface area contributed by atoms with Crippen molar-refractivity contribution in [1.82, 2.24) is 10.2 Å². The predicted octanol–water partition coefficient (Wildman–Crippen LogP) is 2.63. The number of ether oxygens (including phenoxy) is 1. The molecule has 3 heterocycles. The quantitative estimate of drug-likeness (QED) is 0.908. The third-order valence-corrected chi connectivity index (χ3v) is 5.95. The Balaban J connectivity index is 1.40. The van der Waals surface area contributed by atoms with Crippen molar-refractivity contribution in [2.45, 2.75) is 6.54 Å². The minimum Gasteiger partial charge on any atom is -0.380 e. The molecule has 1 amide bonds. The van der Waals surface area contributed by atoms with Gasteiger partial charge in [0.15, 0.2) is 0 Å². The lowest BCUT2D eigenvalue weighted by Gasteiger charge is -2.27. The Bertz CT molecular complexity index is 689. The number of nitrogens with one attached hydrogen (secondary N) is 1. The zero-order valence-electron chi connectivity index (χ0n) is 13.6. The topological polar surface area (TPSA) is 41.6 Å². The molecule has 4 rings (SSSR count). The van der Waals surface area contributed by atoms with Crippen LogP contribution in [0.3, 0.4) is 0 Å². The molecule has 0 bridgehead atoms. The molecule has 4 nitrogen and oxygen atoms in total. The molecule has 1 aromatic heterocycles. The Morgan fingerprint density at radius 2 is 2.21 bits per heavy atom. The second-order valence-electron chi connectivity index (χ2n) is 6.92. The van der Waals surface area contributed by atoms with Crippen molar-refractivity contribution in [3.05, 3.63) is 58.3 Å². The summed E-state index contributed by atoms with van der Waals surface area (Å²) in [7, 11) is 0. The highest BCUT2D eigenvalue weighted by molar-refractivity contribution is 7.07. The summed E-state index contributed by atoms with van der Waals surface area (Å²) in [5, 5.41) is 7.49. The van der Waals surface area contributed by atoms with Crippen LogP contribution in [0.5, 0.6) is 0 Å². The van der Waals surface area contributed by atoms with Gasteiger partial charge in [0, 0.05) is 43.1 Å². The summed E-state index contributed by atoms with van der Waals surface area (Å²) in [6.45, 7) is 5.27. The number of nitrogens with zero attached hydrogens (tertiary/aromatic N) is 1. The van der Waals surface area contributed by atoms with Crippen LogP contribution in [0.4, 0.5) is 0 Å². The van der Waals surface area contributed by atoms with Crippen molar-refractivity contribution in [1.29, 1.82) is 0 Å². The normalized spacial score (nSPS) is 26.4. The lowest BCUT2D eigenvalue weighted by molar-refractivity contribution is 0.0904. The maximum Gasteiger partial charge on any atom is 0.251 e. The molecule has 2 aliphatic heterocycles. The number of carbonyl (C=O) groups is 1. The average Bonchev–Trinajstić information content (AvgIpc) is 3.30. The fourth-order valence-electron chi connectivity index (χ4n) is 3.90. The predicted molar refractivity (Wildman–Crippen MR) is 95.1 cm³/mol. The number of carbonyl (C=O) groups excluding carboxylic acids is 1. The molecule has 126 valence electrons. The van der Waals surface area contributed by atoms with E-state index in [4.69, 9.17) is 4.74 Å². The molecule has 2 aromatic rings. The van der Waals surface area contributed by atoms with Crippen LogP contribution in [0.15, 0.2) is 47.2 Å². The minimum atomic E-state index is 0.00640. The Labute approximate surface area is 146 Å². The molecule has 2 atom stereocenters. The van der Waals surface area contributed by atoms with Crippen molar-refractivity contribution in [3.8, 4) is 0 Å². The Morgan fingerprint density at radius 3 is 3.00 bits per heavy atom. The van der Waals surface area contributed by atoms with E-state index in [9.17, 15) is 4.79 Å². The number of hydrogen-bond donors (Lipinski definition) is 1. The molecule has 0 saturated carbocycles. The standard InChI is InChI=1S/C19H22N2O2S/c22-18(16-4-2-1-3-5-16)20-12-19-13-21(8-15-6-7-24-11-15)9-17(19)10-23-14-19/h1-7,11,17H,8-10,12-14H2,(H,20,22)/t17-,19+/m0/s1. The fraction of sp³-hybridized carbons (Fsp3) is 0.421. The van der Waals surface area contributed by atoms with Crippen molar-refractivity contribution in [2.75, 3.05) is 32.8 Å². The molecular weight excluding hydrogens is 320 g/mol. The van der Waals surface area contributed by atoms with Gasteiger partial charge in [-0.15, -0.1) is 0 Å². The van der Waals surface area contributed by atoms with Gasteiger partial charge < -0.3 is 10.1 Å². The highest BCUT2D eigenvalue weighted by Gasteiger charge is 2.50. The third kappa shape index (κ3) is 3.11. The van der Waals surface area contributed by atoms with Crippen LogP contribution < -0.4 is 5.32 Å². The van der Waals surface area contributed by atoms with Gasteiger partial charge in [-0.2, -0.15) is 11.3 Å². The fourth-order valence-corrected chi connectivity index (χ4v) is 4.56. The van der Waals surface area contributed by atoms with Gasteiger partial charge in [-0.05, 0) is 34.5 Å². The van der Waals surface area contributed by atoms with E-state index >= 15 is 0 Å². The first-order valence-electron chi connectivity index (χ1n) is 8.40. The minimum absolute atomic E-state index is 0.00640. The number of thiophene rings is 1. The van der Waals surface area contributed by atoms with E-state index in [1.165, 1.54) is 5.56 Å². The summed E-state index contributed by atoms with van der Waals surface area (Å²) < 4.78 is 5.76. The van der Waals surface area contributed by atoms with Crippen LogP contribution in [-0.2, 0) is 11.3 Å². The molecule has 2 aliphatic rings. The lowest BCUT2D eigenvalue weighted by atomic mass is 9.81. The summed E-state index contributed by atoms with van der Waals surface area (Å²) in [5.74, 6) is 0.513. The smallest absolute Gasteiger partial charge is 0.251 e. The number of fused-ring (bicyclic) bond motifs is 1. The monoisotopic (exact) mass is 342 g/mol. The van der Waals surface area contributed by atoms with Crippen LogP contribution in [0.25, 0.3) is 0 Å². The van der Waals surface area contributed by atoms with Gasteiger partial charge in [-0.3, -0.25) is 9.69 Å². The largest absolute Gasteiger partial charge is 0.380 e. The number of rotatable bonds is 5. The molecule has 2 saturated heterocycles. The van der Waals surface area contributed by atoms with Crippen molar-refractivity contribution >= 4 is 17.2 Å². The van der Waals surface area contributed by atoms with Crippen LogP contribution in [0.1, 0.15) is 15.9 Å². The van der Waals surface area contributed by atoms with Gasteiger partial charge in [-0.25, -0.2) is 0 Å². The third-order valence-electron chi connectivity index (χ3n) is 5.21. The molecular formula is C19H22N2O2S. The summed E-state index contributed by atoms with van der Waals surface area (Å²) in [6.07, 6.45) is 0. The summed E-state index contributed by atoms with van der Waals surface area (Å²) in [4.78, 5) is 14.9. The molecule has 0 spiro atoms. The molecule has 0 aliphatic carbocycles. The first kappa shape index (κ1) is 15.8. The van der Waals surface area contributed by atoms with E-state index in [1.807, 2.05) is 30.3 Å². The van der Waals surface area contributed by atoms with Gasteiger partial charge in [0.1, 0.15) is 0 Å². The van der Waals surface area contributed by atoms with Crippen molar-refractivity contribution < 1.29 is 9.53 Å². The molecule has 5 heteroatoms. The van der Waals surface area contributed by atoms with E-state index in [2.05, 4.69) is 27.0 Å². The molecule has 24 heavy (non-hydrogen) atoms. The molecule has 0 radical (unpaired) electrons. The summed E-state index contributed by atoms with van der Waals surface area (Å²) in [6, 6.07) is 11.6. The molecule has 2 fully saturated rings. The van der Waals surface area contributed by atoms with E-state index in [-0.39, 0.29) is 11.3 Å². The van der Waals surface area contributed by atoms with Crippen molar-refractivity contribution in [3.63, 3.8) is 0 Å². The zero-order valence-corrected chi connectivity index (χ0v) is 14.4. The van der Waals surface area contributed by atoms with Gasteiger partial charge in [-0.1, -0.05) is 18.2 Å². The van der Waals surface area contributed by atoms with Gasteiger partial charge in [0.2, 0.25) is 0 Å². The van der Waals surface area contributed by atoms with E-state index in [1.54, 1.807) is 11.3 Å². The average molecular weight is 342 g/mol. The summed E-state index contributed by atoms with van der Waals surface area (Å²) in [5.41, 5.74) is 2.15. The maximum atomic E-state index is 12.4. The lowest BCUT2D eigenvalue weighted by Crippen LogP contribution is -2.43. The molecule has 0 unspecified atom stereocenters. The van der Waals surface area contributed by atoms with Crippen molar-refractivity contribution in [2.24, 2.45) is 11.3 Å². The number of benzene rings is 1. The molecule has 1 aromatic carbocycles. The Morgan fingerprint density at radius 1 is 1.33 bits per heavy atom. The molecule has 1 N–H and O–H groups in total. The number of likely N-dealkylation sites (tertiary alicyclic amines) is 1. The maximum absolute atomic E-state index is 12.4. The van der Waals surface area contributed by atoms with Crippen LogP contribution in [0.2, 0.25) is 0 Å². The van der Waals surface area contributed by atoms with Gasteiger partial charge >= 0.3 is 0 Å². The Kier molecular flexibility index (Phi) is 4.39. The highest BCUT2D eigenvalue weighted by Crippen LogP contribution is 2.41. The SMILES string of the molecule is O=C(NC[C@@]12COC[C@@H]1CN(Cc1ccsc1)C2)c1ccccc1. The van der Waals surface area contributed by atoms with E-state index in [0.717, 1.165) is 38.4 Å². The number of hydrogen-bond acceptors (Lipinski definition) is 4. The summed E-state index contributed by atoms with van der Waals surface area (Å²) >= 11 is 1.75. The zero-order chi connectivity index (χ0) is 16.4. The van der Waals surface area contributed by atoms with E-state index in [0.29, 0.717) is 12.5 Å². The first-order valence-corrected chi connectivity index (χ1v) is 9.34. The van der Waals surface area contributed by atoms with Gasteiger partial charge in [0.05, 0.1) is 13.2 Å². The van der Waals surface area contributed by atoms with Crippen LogP contribution in [0, 0.1) is 11.3 Å². The number of amides is 1. The highest BCUT2D eigenvalue weighted by atomic mass is 32.1. The van der Waals surface area contributed by atoms with Gasteiger partial charge in [0.25, 0.3) is 5.91 Å². The first-order chi connectivity index (χ1) is 11.8. The second-order valence-corrected chi connectivity index (χ2v) is 7.70. The van der Waals surface area contributed by atoms with Crippen LogP contribution in [-0.4, -0.2) is 43.7 Å². The Hall–Kier alpha value is -1.69.